The minimum Gasteiger partial charge on any atom is -0.493 e. The number of imidazole rings is 1. The zero-order chi connectivity index (χ0) is 25.8. The van der Waals surface area contributed by atoms with Crippen LogP contribution in [0.2, 0.25) is 0 Å². The number of nitriles is 1. The molecule has 0 amide bonds. The van der Waals surface area contributed by atoms with Crippen LogP contribution in [0.25, 0.3) is 29.0 Å². The van der Waals surface area contributed by atoms with E-state index in [1.165, 1.54) is 18.3 Å². The first kappa shape index (κ1) is 24.3. The number of fused-ring (bicyclic) bond motifs is 1. The molecule has 4 aromatic rings. The summed E-state index contributed by atoms with van der Waals surface area (Å²) in [4.78, 5) is 9.09. The van der Waals surface area contributed by atoms with Crippen molar-refractivity contribution in [3.05, 3.63) is 71.7 Å². The molecule has 0 unspecified atom stereocenters. The SMILES string of the molecule is COc1cccc(/C=C/c2nc3ccc(OC(F)F)cc3n2-c2ccc(C#N)cn2)c1OC1CCCC1. The topological polar surface area (TPSA) is 82.2 Å². The maximum atomic E-state index is 12.9. The van der Waals surface area contributed by atoms with E-state index >= 15 is 0 Å². The smallest absolute Gasteiger partial charge is 0.387 e. The number of hydrogen-bond donors (Lipinski definition) is 0. The average Bonchev–Trinajstić information content (AvgIpc) is 3.55. The van der Waals surface area contributed by atoms with Gasteiger partial charge in [0.2, 0.25) is 0 Å². The molecule has 0 spiro atoms. The molecule has 0 atom stereocenters. The normalized spacial score (nSPS) is 13.9. The van der Waals surface area contributed by atoms with Crippen molar-refractivity contribution < 1.29 is 23.0 Å². The molecule has 37 heavy (non-hydrogen) atoms. The van der Waals surface area contributed by atoms with Crippen LogP contribution in [0.3, 0.4) is 0 Å². The highest BCUT2D eigenvalue weighted by Gasteiger charge is 2.20. The predicted octanol–water partition coefficient (Wildman–Crippen LogP) is 6.39. The second-order valence-electron chi connectivity index (χ2n) is 8.59. The van der Waals surface area contributed by atoms with Crippen LogP contribution in [0.15, 0.2) is 54.7 Å². The maximum absolute atomic E-state index is 12.9. The molecule has 2 aromatic carbocycles. The molecule has 1 fully saturated rings. The molecule has 1 aliphatic carbocycles. The van der Waals surface area contributed by atoms with Gasteiger partial charge in [0, 0.05) is 17.8 Å². The third-order valence-corrected chi connectivity index (χ3v) is 6.21. The molecular weight excluding hydrogens is 478 g/mol. The standard InChI is InChI=1S/C28H24F2N4O3/c1-35-24-8-4-5-19(27(24)36-20-6-2-3-7-20)10-14-26-33-22-12-11-21(37-28(29)30)15-23(22)34(26)25-13-9-18(16-31)17-32-25/h4-5,8-15,17,20,28H,2-3,6-7H2,1H3/b14-10+. The number of nitrogens with zero attached hydrogens (tertiary/aromatic N) is 4. The van der Waals surface area contributed by atoms with E-state index in [2.05, 4.69) is 9.72 Å². The van der Waals surface area contributed by atoms with Gasteiger partial charge in [0.1, 0.15) is 23.5 Å². The Morgan fingerprint density at radius 3 is 2.65 bits per heavy atom. The summed E-state index contributed by atoms with van der Waals surface area (Å²) in [5, 5.41) is 9.16. The zero-order valence-corrected chi connectivity index (χ0v) is 20.1. The number of benzene rings is 2. The molecule has 188 valence electrons. The number of alkyl halides is 2. The summed E-state index contributed by atoms with van der Waals surface area (Å²) >= 11 is 0. The van der Waals surface area contributed by atoms with Gasteiger partial charge < -0.3 is 14.2 Å². The summed E-state index contributed by atoms with van der Waals surface area (Å²) in [6.45, 7) is -2.95. The van der Waals surface area contributed by atoms with Gasteiger partial charge in [0.25, 0.3) is 0 Å². The number of para-hydroxylation sites is 1. The van der Waals surface area contributed by atoms with E-state index in [9.17, 15) is 8.78 Å². The van der Waals surface area contributed by atoms with Gasteiger partial charge in [-0.05, 0) is 68.2 Å². The quantitative estimate of drug-likeness (QED) is 0.278. The Labute approximate surface area is 212 Å². The molecule has 0 radical (unpaired) electrons. The fourth-order valence-electron chi connectivity index (χ4n) is 4.48. The van der Waals surface area contributed by atoms with Crippen molar-refractivity contribution >= 4 is 23.2 Å². The van der Waals surface area contributed by atoms with Crippen LogP contribution in [0.5, 0.6) is 17.2 Å². The van der Waals surface area contributed by atoms with Crippen molar-refractivity contribution in [1.29, 1.82) is 5.26 Å². The second kappa shape index (κ2) is 10.7. The third-order valence-electron chi connectivity index (χ3n) is 6.21. The van der Waals surface area contributed by atoms with E-state index in [0.717, 1.165) is 31.2 Å². The summed E-state index contributed by atoms with van der Waals surface area (Å²) in [6, 6.07) is 15.6. The summed E-state index contributed by atoms with van der Waals surface area (Å²) in [5.41, 5.74) is 2.32. The molecule has 2 heterocycles. The van der Waals surface area contributed by atoms with Crippen LogP contribution < -0.4 is 14.2 Å². The lowest BCUT2D eigenvalue weighted by Gasteiger charge is -2.18. The average molecular weight is 503 g/mol. The maximum Gasteiger partial charge on any atom is 0.387 e. The fraction of sp³-hybridized carbons (Fsp3) is 0.250. The summed E-state index contributed by atoms with van der Waals surface area (Å²) in [6.07, 6.45) is 9.57. The van der Waals surface area contributed by atoms with E-state index in [-0.39, 0.29) is 11.9 Å². The first-order valence-corrected chi connectivity index (χ1v) is 11.9. The molecule has 5 rings (SSSR count). The van der Waals surface area contributed by atoms with Gasteiger partial charge in [-0.25, -0.2) is 9.97 Å². The molecule has 0 saturated heterocycles. The Kier molecular flexibility index (Phi) is 6.99. The van der Waals surface area contributed by atoms with Crippen LogP contribution in [0.4, 0.5) is 8.78 Å². The van der Waals surface area contributed by atoms with Crippen molar-refractivity contribution in [3.8, 4) is 29.1 Å². The lowest BCUT2D eigenvalue weighted by molar-refractivity contribution is -0.0497. The molecule has 0 N–H and O–H groups in total. The van der Waals surface area contributed by atoms with Crippen molar-refractivity contribution in [1.82, 2.24) is 14.5 Å². The number of aromatic nitrogens is 3. The summed E-state index contributed by atoms with van der Waals surface area (Å²) < 4.78 is 44.0. The molecule has 1 saturated carbocycles. The lowest BCUT2D eigenvalue weighted by atomic mass is 10.1. The molecule has 2 aromatic heterocycles. The van der Waals surface area contributed by atoms with Gasteiger partial charge in [-0.3, -0.25) is 4.57 Å². The minimum absolute atomic E-state index is 0.00729. The van der Waals surface area contributed by atoms with Crippen LogP contribution in [-0.4, -0.2) is 34.4 Å². The van der Waals surface area contributed by atoms with Crippen LogP contribution in [0.1, 0.15) is 42.6 Å². The Hall–Kier alpha value is -4.45. The predicted molar refractivity (Wildman–Crippen MR) is 135 cm³/mol. The molecular formula is C28H24F2N4O3. The van der Waals surface area contributed by atoms with Gasteiger partial charge in [0.05, 0.1) is 29.8 Å². The Morgan fingerprint density at radius 2 is 1.95 bits per heavy atom. The van der Waals surface area contributed by atoms with Crippen molar-refractivity contribution in [2.24, 2.45) is 0 Å². The Morgan fingerprint density at radius 1 is 1.11 bits per heavy atom. The Bertz CT molecular complexity index is 1470. The molecule has 9 heteroatoms. The summed E-state index contributed by atoms with van der Waals surface area (Å²) in [5.74, 6) is 2.30. The monoisotopic (exact) mass is 502 g/mol. The number of hydrogen-bond acceptors (Lipinski definition) is 6. The number of rotatable bonds is 8. The second-order valence-corrected chi connectivity index (χ2v) is 8.59. The van der Waals surface area contributed by atoms with E-state index in [4.69, 9.17) is 19.7 Å². The van der Waals surface area contributed by atoms with Gasteiger partial charge in [-0.1, -0.05) is 12.1 Å². The van der Waals surface area contributed by atoms with Crippen LogP contribution in [0, 0.1) is 11.3 Å². The number of halogens is 2. The molecule has 1 aliphatic rings. The first-order valence-electron chi connectivity index (χ1n) is 11.9. The summed E-state index contributed by atoms with van der Waals surface area (Å²) in [7, 11) is 1.61. The number of methoxy groups -OCH3 is 1. The van der Waals surface area contributed by atoms with Gasteiger partial charge in [0.15, 0.2) is 11.5 Å². The highest BCUT2D eigenvalue weighted by Crippen LogP contribution is 2.36. The van der Waals surface area contributed by atoms with E-state index in [1.54, 1.807) is 29.9 Å². The zero-order valence-electron chi connectivity index (χ0n) is 20.1. The first-order chi connectivity index (χ1) is 18.1. The Balaban J connectivity index is 1.60. The van der Waals surface area contributed by atoms with E-state index < -0.39 is 6.61 Å². The van der Waals surface area contributed by atoms with Crippen LogP contribution in [-0.2, 0) is 0 Å². The minimum atomic E-state index is -2.95. The highest BCUT2D eigenvalue weighted by molar-refractivity contribution is 5.83. The van der Waals surface area contributed by atoms with Crippen molar-refractivity contribution in [2.45, 2.75) is 38.4 Å². The van der Waals surface area contributed by atoms with Gasteiger partial charge in [-0.15, -0.1) is 0 Å². The number of pyridine rings is 1. The third kappa shape index (κ3) is 5.23. The highest BCUT2D eigenvalue weighted by atomic mass is 19.3. The van der Waals surface area contributed by atoms with E-state index in [0.29, 0.717) is 39.7 Å². The molecule has 0 aliphatic heterocycles. The molecule has 7 nitrogen and oxygen atoms in total. The van der Waals surface area contributed by atoms with Crippen LogP contribution >= 0.6 is 0 Å². The molecule has 0 bridgehead atoms. The van der Waals surface area contributed by atoms with Crippen molar-refractivity contribution in [3.63, 3.8) is 0 Å². The van der Waals surface area contributed by atoms with Gasteiger partial charge >= 0.3 is 6.61 Å². The van der Waals surface area contributed by atoms with E-state index in [1.807, 2.05) is 36.4 Å². The largest absolute Gasteiger partial charge is 0.493 e. The lowest BCUT2D eigenvalue weighted by Crippen LogP contribution is -2.12. The fourth-order valence-corrected chi connectivity index (χ4v) is 4.48. The number of ether oxygens (including phenoxy) is 3. The van der Waals surface area contributed by atoms with Gasteiger partial charge in [-0.2, -0.15) is 14.0 Å². The van der Waals surface area contributed by atoms with Crippen molar-refractivity contribution in [2.75, 3.05) is 7.11 Å².